The Morgan fingerprint density at radius 1 is 0.961 bits per heavy atom. The molecule has 5 aromatic rings. The highest BCUT2D eigenvalue weighted by Gasteiger charge is 2.52. The molecule has 0 spiro atoms. The molecule has 1 heterocycles. The molecule has 1 fully saturated rings. The summed E-state index contributed by atoms with van der Waals surface area (Å²) < 4.78 is 13.9. The standard InChI is InChI=1S/C45H53N3O3/c1-29(2)31-14-18-36-33(24-31)16-21-40-44(6,22-11-23-45(36,40)7)28-48-39-20-15-32(30-12-9-8-10-13-30)25-38(39)47-42(48)35-26-34(17-19-37(35)46)50-27-41(49)51-43(3,4)5/h8-10,12-15,17-20,24-26,29,40H,11,16,21-23,27-28,46H2,1-7H3/t40-,44+,45+/m0/s1. The fourth-order valence-corrected chi connectivity index (χ4v) is 9.19. The van der Waals surface area contributed by atoms with Crippen molar-refractivity contribution < 1.29 is 14.3 Å². The van der Waals surface area contributed by atoms with Crippen molar-refractivity contribution in [2.75, 3.05) is 12.3 Å². The minimum absolute atomic E-state index is 0.0292. The van der Waals surface area contributed by atoms with Gasteiger partial charge in [0.15, 0.2) is 6.61 Å². The molecule has 0 bridgehead atoms. The molecule has 0 radical (unpaired) electrons. The number of nitrogens with two attached hydrogens (primary N) is 1. The summed E-state index contributed by atoms with van der Waals surface area (Å²) in [6, 6.07) is 30.0. The van der Waals surface area contributed by atoms with Crippen molar-refractivity contribution >= 4 is 22.7 Å². The maximum absolute atomic E-state index is 12.5. The first-order valence-corrected chi connectivity index (χ1v) is 18.7. The summed E-state index contributed by atoms with van der Waals surface area (Å²) in [5.41, 5.74) is 16.6. The Bertz CT molecular complexity index is 2070. The molecule has 3 atom stereocenters. The second kappa shape index (κ2) is 13.2. The van der Waals surface area contributed by atoms with Crippen LogP contribution in [0.2, 0.25) is 0 Å². The molecule has 4 aromatic carbocycles. The Morgan fingerprint density at radius 3 is 2.49 bits per heavy atom. The summed E-state index contributed by atoms with van der Waals surface area (Å²) >= 11 is 0. The molecule has 0 unspecified atom stereocenters. The molecule has 7 rings (SSSR count). The number of carbonyl (C=O) groups is 1. The van der Waals surface area contributed by atoms with E-state index in [0.29, 0.717) is 23.3 Å². The van der Waals surface area contributed by atoms with Crippen LogP contribution >= 0.6 is 0 Å². The highest BCUT2D eigenvalue weighted by molar-refractivity contribution is 5.87. The first-order valence-electron chi connectivity index (χ1n) is 18.7. The van der Waals surface area contributed by atoms with Gasteiger partial charge in [-0.25, -0.2) is 9.78 Å². The van der Waals surface area contributed by atoms with Crippen LogP contribution < -0.4 is 10.5 Å². The van der Waals surface area contributed by atoms with Gasteiger partial charge in [0.25, 0.3) is 0 Å². The summed E-state index contributed by atoms with van der Waals surface area (Å²) in [7, 11) is 0. The van der Waals surface area contributed by atoms with Crippen molar-refractivity contribution in [2.24, 2.45) is 11.3 Å². The molecular weight excluding hydrogens is 631 g/mol. The van der Waals surface area contributed by atoms with Crippen LogP contribution in [0.1, 0.15) is 96.8 Å². The second-order valence-corrected chi connectivity index (χ2v) is 16.8. The Hall–Kier alpha value is -4.58. The van der Waals surface area contributed by atoms with E-state index in [4.69, 9.17) is 20.2 Å². The first-order chi connectivity index (χ1) is 24.2. The van der Waals surface area contributed by atoms with Gasteiger partial charge in [-0.1, -0.05) is 88.7 Å². The number of imidazole rings is 1. The van der Waals surface area contributed by atoms with Crippen molar-refractivity contribution in [3.63, 3.8) is 0 Å². The molecule has 6 heteroatoms. The molecule has 2 N–H and O–H groups in total. The third kappa shape index (κ3) is 6.78. The van der Waals surface area contributed by atoms with Gasteiger partial charge in [-0.2, -0.15) is 0 Å². The minimum atomic E-state index is -0.584. The number of anilines is 1. The van der Waals surface area contributed by atoms with E-state index in [2.05, 4.69) is 92.9 Å². The van der Waals surface area contributed by atoms with E-state index in [1.54, 1.807) is 11.1 Å². The lowest BCUT2D eigenvalue weighted by Gasteiger charge is -2.56. The average Bonchev–Trinajstić information content (AvgIpc) is 3.43. The van der Waals surface area contributed by atoms with Crippen LogP contribution in [0, 0.1) is 11.3 Å². The van der Waals surface area contributed by atoms with Crippen molar-refractivity contribution in [3.05, 3.63) is 102 Å². The molecule has 1 saturated carbocycles. The van der Waals surface area contributed by atoms with Gasteiger partial charge in [-0.15, -0.1) is 0 Å². The lowest BCUT2D eigenvalue weighted by Crippen LogP contribution is -2.50. The van der Waals surface area contributed by atoms with Crippen molar-refractivity contribution in [1.82, 2.24) is 9.55 Å². The predicted octanol–water partition coefficient (Wildman–Crippen LogP) is 10.5. The van der Waals surface area contributed by atoms with Gasteiger partial charge in [-0.3, -0.25) is 0 Å². The number of benzene rings is 4. The van der Waals surface area contributed by atoms with E-state index >= 15 is 0 Å². The van der Waals surface area contributed by atoms with Gasteiger partial charge < -0.3 is 19.8 Å². The third-order valence-electron chi connectivity index (χ3n) is 11.6. The molecule has 51 heavy (non-hydrogen) atoms. The zero-order valence-electron chi connectivity index (χ0n) is 31.4. The van der Waals surface area contributed by atoms with Crippen molar-refractivity contribution in [2.45, 2.75) is 104 Å². The lowest BCUT2D eigenvalue weighted by atomic mass is 9.49. The number of carbonyl (C=O) groups excluding carboxylic acids is 1. The number of ether oxygens (including phenoxy) is 2. The van der Waals surface area contributed by atoms with Crippen molar-refractivity contribution in [3.8, 4) is 28.3 Å². The number of fused-ring (bicyclic) bond motifs is 4. The van der Waals surface area contributed by atoms with Crippen LogP contribution in [0.5, 0.6) is 5.75 Å². The molecule has 2 aliphatic rings. The Labute approximate surface area is 303 Å². The number of hydrogen-bond acceptors (Lipinski definition) is 5. The van der Waals surface area contributed by atoms with Crippen molar-refractivity contribution in [1.29, 1.82) is 0 Å². The van der Waals surface area contributed by atoms with Crippen LogP contribution in [-0.2, 0) is 27.9 Å². The normalized spacial score (nSPS) is 21.7. The Morgan fingerprint density at radius 2 is 1.75 bits per heavy atom. The van der Waals surface area contributed by atoms with Gasteiger partial charge in [0.05, 0.1) is 11.0 Å². The highest BCUT2D eigenvalue weighted by atomic mass is 16.6. The van der Waals surface area contributed by atoms with E-state index in [1.165, 1.54) is 24.8 Å². The summed E-state index contributed by atoms with van der Waals surface area (Å²) in [6.07, 6.45) is 5.85. The quantitative estimate of drug-likeness (QED) is 0.130. The topological polar surface area (TPSA) is 79.4 Å². The molecule has 1 aromatic heterocycles. The zero-order valence-corrected chi connectivity index (χ0v) is 31.4. The van der Waals surface area contributed by atoms with E-state index in [1.807, 2.05) is 45.0 Å². The van der Waals surface area contributed by atoms with Crippen LogP contribution in [0.15, 0.2) is 84.9 Å². The first kappa shape index (κ1) is 34.9. The zero-order chi connectivity index (χ0) is 36.1. The van der Waals surface area contributed by atoms with Gasteiger partial charge >= 0.3 is 5.97 Å². The fraction of sp³-hybridized carbons (Fsp3) is 0.422. The monoisotopic (exact) mass is 683 g/mol. The lowest BCUT2D eigenvalue weighted by molar-refractivity contribution is -0.157. The van der Waals surface area contributed by atoms with E-state index in [9.17, 15) is 4.79 Å². The maximum Gasteiger partial charge on any atom is 0.344 e. The second-order valence-electron chi connectivity index (χ2n) is 16.8. The number of aromatic nitrogens is 2. The smallest absolute Gasteiger partial charge is 0.344 e. The summed E-state index contributed by atoms with van der Waals surface area (Å²) in [4.78, 5) is 17.8. The largest absolute Gasteiger partial charge is 0.482 e. The summed E-state index contributed by atoms with van der Waals surface area (Å²) in [5, 5.41) is 0. The van der Waals surface area contributed by atoms with E-state index < -0.39 is 11.6 Å². The number of hydrogen-bond donors (Lipinski definition) is 1. The summed E-state index contributed by atoms with van der Waals surface area (Å²) in [6.45, 7) is 15.8. The number of nitrogens with zero attached hydrogens (tertiary/aromatic N) is 2. The molecule has 266 valence electrons. The Balaban J connectivity index is 1.30. The van der Waals surface area contributed by atoms with Crippen LogP contribution in [0.25, 0.3) is 33.5 Å². The van der Waals surface area contributed by atoms with Gasteiger partial charge in [0.1, 0.15) is 17.2 Å². The van der Waals surface area contributed by atoms with Crippen LogP contribution in [0.3, 0.4) is 0 Å². The predicted molar refractivity (Wildman–Crippen MR) is 208 cm³/mol. The number of esters is 1. The Kier molecular flexibility index (Phi) is 9.02. The molecular formula is C45H53N3O3. The maximum atomic E-state index is 12.5. The number of aryl methyl sites for hydroxylation is 1. The highest BCUT2D eigenvalue weighted by Crippen LogP contribution is 2.58. The SMILES string of the molecule is CC(C)c1ccc2c(c1)CC[C@H]1[C@@](C)(Cn3c(-c4cc(OCC(=O)OC(C)(C)C)ccc4N)nc4cc(-c5ccccc5)ccc43)CCC[C@]21C. The minimum Gasteiger partial charge on any atom is -0.482 e. The van der Waals surface area contributed by atoms with Gasteiger partial charge in [0, 0.05) is 17.8 Å². The van der Waals surface area contributed by atoms with Crippen LogP contribution in [0.4, 0.5) is 5.69 Å². The number of rotatable bonds is 8. The fourth-order valence-electron chi connectivity index (χ4n) is 9.19. The molecule has 0 saturated heterocycles. The van der Waals surface area contributed by atoms with E-state index in [-0.39, 0.29) is 17.4 Å². The van der Waals surface area contributed by atoms with Crippen LogP contribution in [-0.4, -0.2) is 27.7 Å². The average molecular weight is 684 g/mol. The molecule has 0 aliphatic heterocycles. The molecule has 2 aliphatic carbocycles. The molecule has 6 nitrogen and oxygen atoms in total. The summed E-state index contributed by atoms with van der Waals surface area (Å²) in [5.74, 6) is 2.01. The third-order valence-corrected chi connectivity index (χ3v) is 11.6. The van der Waals surface area contributed by atoms with Gasteiger partial charge in [-0.05, 0) is 127 Å². The number of nitrogen functional groups attached to an aromatic ring is 1. The van der Waals surface area contributed by atoms with Gasteiger partial charge in [0.2, 0.25) is 0 Å². The van der Waals surface area contributed by atoms with E-state index in [0.717, 1.165) is 52.9 Å². The molecule has 0 amide bonds.